The van der Waals surface area contributed by atoms with Crippen molar-refractivity contribution in [3.05, 3.63) is 69.7 Å². The van der Waals surface area contributed by atoms with Gasteiger partial charge in [0.1, 0.15) is 0 Å². The van der Waals surface area contributed by atoms with Crippen molar-refractivity contribution in [3.63, 3.8) is 0 Å². The fourth-order valence-corrected chi connectivity index (χ4v) is 3.25. The van der Waals surface area contributed by atoms with E-state index in [4.69, 9.17) is 11.6 Å². The molecule has 3 rings (SSSR count). The molecule has 98 valence electrons. The summed E-state index contributed by atoms with van der Waals surface area (Å²) in [5, 5.41) is 0.831. The van der Waals surface area contributed by atoms with Crippen LogP contribution >= 0.6 is 11.6 Å². The number of rotatable bonds is 1. The molecule has 0 saturated carbocycles. The SMILES string of the molecule is Cc1ccccc1C1CN(C)Cc2cc(Cl)ccc21. The Morgan fingerprint density at radius 2 is 1.89 bits per heavy atom. The van der Waals surface area contributed by atoms with Gasteiger partial charge in [-0.1, -0.05) is 41.9 Å². The van der Waals surface area contributed by atoms with E-state index < -0.39 is 0 Å². The fraction of sp³-hybridized carbons (Fsp3) is 0.294. The van der Waals surface area contributed by atoms with Gasteiger partial charge in [-0.3, -0.25) is 0 Å². The standard InChI is InChI=1S/C17H18ClN/c1-12-5-3-4-6-15(12)17-11-19(2)10-13-9-14(18)7-8-16(13)17/h3-9,17H,10-11H2,1-2H3. The molecular formula is C17H18ClN. The van der Waals surface area contributed by atoms with Gasteiger partial charge in [-0.05, 0) is 48.4 Å². The summed E-state index contributed by atoms with van der Waals surface area (Å²) in [4.78, 5) is 2.37. The van der Waals surface area contributed by atoms with Crippen LogP contribution in [0, 0.1) is 6.92 Å². The summed E-state index contributed by atoms with van der Waals surface area (Å²) in [6.45, 7) is 4.25. The number of hydrogen-bond donors (Lipinski definition) is 0. The minimum Gasteiger partial charge on any atom is -0.301 e. The van der Waals surface area contributed by atoms with Crippen LogP contribution in [-0.4, -0.2) is 18.5 Å². The average Bonchev–Trinajstić information content (AvgIpc) is 2.38. The van der Waals surface area contributed by atoms with Crippen LogP contribution in [0.2, 0.25) is 5.02 Å². The summed E-state index contributed by atoms with van der Waals surface area (Å²) < 4.78 is 0. The molecule has 2 aromatic rings. The van der Waals surface area contributed by atoms with Gasteiger partial charge in [0.2, 0.25) is 0 Å². The van der Waals surface area contributed by atoms with Gasteiger partial charge in [-0.25, -0.2) is 0 Å². The first kappa shape index (κ1) is 12.7. The lowest BCUT2D eigenvalue weighted by atomic mass is 9.83. The first-order valence-electron chi connectivity index (χ1n) is 6.67. The van der Waals surface area contributed by atoms with E-state index in [1.54, 1.807) is 0 Å². The highest BCUT2D eigenvalue weighted by Crippen LogP contribution is 2.35. The van der Waals surface area contributed by atoms with Crippen molar-refractivity contribution in [2.24, 2.45) is 0 Å². The number of likely N-dealkylation sites (N-methyl/N-ethyl adjacent to an activating group) is 1. The van der Waals surface area contributed by atoms with Gasteiger partial charge in [0.05, 0.1) is 0 Å². The van der Waals surface area contributed by atoms with E-state index in [-0.39, 0.29) is 0 Å². The van der Waals surface area contributed by atoms with Crippen LogP contribution < -0.4 is 0 Å². The van der Waals surface area contributed by atoms with E-state index >= 15 is 0 Å². The van der Waals surface area contributed by atoms with E-state index in [2.05, 4.69) is 55.3 Å². The molecule has 1 heterocycles. The average molecular weight is 272 g/mol. The Hall–Kier alpha value is -1.31. The molecule has 0 amide bonds. The van der Waals surface area contributed by atoms with Crippen LogP contribution in [0.15, 0.2) is 42.5 Å². The van der Waals surface area contributed by atoms with Crippen molar-refractivity contribution < 1.29 is 0 Å². The molecule has 1 nitrogen and oxygen atoms in total. The third kappa shape index (κ3) is 2.41. The van der Waals surface area contributed by atoms with Gasteiger partial charge in [0, 0.05) is 24.0 Å². The minimum atomic E-state index is 0.451. The molecule has 0 aromatic heterocycles. The molecule has 2 heteroatoms. The predicted molar refractivity (Wildman–Crippen MR) is 80.8 cm³/mol. The Bertz CT molecular complexity index is 606. The molecule has 0 aliphatic carbocycles. The van der Waals surface area contributed by atoms with Gasteiger partial charge in [-0.15, -0.1) is 0 Å². The Morgan fingerprint density at radius 3 is 2.68 bits per heavy atom. The zero-order valence-corrected chi connectivity index (χ0v) is 12.1. The van der Waals surface area contributed by atoms with Gasteiger partial charge < -0.3 is 4.90 Å². The quantitative estimate of drug-likeness (QED) is 0.750. The van der Waals surface area contributed by atoms with Gasteiger partial charge >= 0.3 is 0 Å². The van der Waals surface area contributed by atoms with Gasteiger partial charge in [-0.2, -0.15) is 0 Å². The summed E-state index contributed by atoms with van der Waals surface area (Å²) in [6.07, 6.45) is 0. The summed E-state index contributed by atoms with van der Waals surface area (Å²) in [5.74, 6) is 0.451. The van der Waals surface area contributed by atoms with Crippen molar-refractivity contribution in [2.75, 3.05) is 13.6 Å². The molecule has 1 aliphatic heterocycles. The van der Waals surface area contributed by atoms with Crippen LogP contribution in [0.4, 0.5) is 0 Å². The first-order chi connectivity index (χ1) is 9.15. The van der Waals surface area contributed by atoms with Gasteiger partial charge in [0.25, 0.3) is 0 Å². The monoisotopic (exact) mass is 271 g/mol. The Labute approximate surface area is 119 Å². The van der Waals surface area contributed by atoms with Crippen molar-refractivity contribution >= 4 is 11.6 Å². The zero-order chi connectivity index (χ0) is 13.4. The Balaban J connectivity index is 2.11. The highest BCUT2D eigenvalue weighted by atomic mass is 35.5. The number of halogens is 1. The Morgan fingerprint density at radius 1 is 1.11 bits per heavy atom. The number of nitrogens with zero attached hydrogens (tertiary/aromatic N) is 1. The van der Waals surface area contributed by atoms with E-state index in [0.717, 1.165) is 18.1 Å². The van der Waals surface area contributed by atoms with E-state index in [1.807, 2.05) is 6.07 Å². The lowest BCUT2D eigenvalue weighted by molar-refractivity contribution is 0.295. The lowest BCUT2D eigenvalue weighted by Crippen LogP contribution is -2.31. The van der Waals surface area contributed by atoms with Crippen LogP contribution in [0.3, 0.4) is 0 Å². The minimum absolute atomic E-state index is 0.451. The maximum absolute atomic E-state index is 6.13. The second-order valence-electron chi connectivity index (χ2n) is 5.45. The van der Waals surface area contributed by atoms with E-state index in [1.165, 1.54) is 22.3 Å². The number of hydrogen-bond acceptors (Lipinski definition) is 1. The number of fused-ring (bicyclic) bond motifs is 1. The molecule has 0 bridgehead atoms. The summed E-state index contributed by atoms with van der Waals surface area (Å²) in [7, 11) is 2.18. The third-order valence-corrected chi connectivity index (χ3v) is 4.21. The van der Waals surface area contributed by atoms with Gasteiger partial charge in [0.15, 0.2) is 0 Å². The Kier molecular flexibility index (Phi) is 3.34. The summed E-state index contributed by atoms with van der Waals surface area (Å²) in [6, 6.07) is 15.0. The van der Waals surface area contributed by atoms with Crippen LogP contribution in [0.1, 0.15) is 28.2 Å². The second-order valence-corrected chi connectivity index (χ2v) is 5.89. The molecule has 2 aromatic carbocycles. The molecule has 1 atom stereocenters. The zero-order valence-electron chi connectivity index (χ0n) is 11.4. The molecule has 0 fully saturated rings. The molecule has 0 radical (unpaired) electrons. The highest BCUT2D eigenvalue weighted by Gasteiger charge is 2.25. The number of benzene rings is 2. The summed E-state index contributed by atoms with van der Waals surface area (Å²) >= 11 is 6.13. The van der Waals surface area contributed by atoms with Crippen molar-refractivity contribution in [2.45, 2.75) is 19.4 Å². The fourth-order valence-electron chi connectivity index (χ4n) is 3.06. The maximum atomic E-state index is 6.13. The highest BCUT2D eigenvalue weighted by molar-refractivity contribution is 6.30. The maximum Gasteiger partial charge on any atom is 0.0409 e. The van der Waals surface area contributed by atoms with Crippen molar-refractivity contribution in [3.8, 4) is 0 Å². The predicted octanol–water partition coefficient (Wildman–Crippen LogP) is 4.23. The normalized spacial score (nSPS) is 19.2. The lowest BCUT2D eigenvalue weighted by Gasteiger charge is -2.33. The van der Waals surface area contributed by atoms with E-state index in [0.29, 0.717) is 5.92 Å². The van der Waals surface area contributed by atoms with E-state index in [9.17, 15) is 0 Å². The molecule has 19 heavy (non-hydrogen) atoms. The van der Waals surface area contributed by atoms with Crippen molar-refractivity contribution in [1.29, 1.82) is 0 Å². The first-order valence-corrected chi connectivity index (χ1v) is 7.05. The third-order valence-electron chi connectivity index (χ3n) is 3.98. The largest absolute Gasteiger partial charge is 0.301 e. The molecule has 0 saturated heterocycles. The smallest absolute Gasteiger partial charge is 0.0409 e. The van der Waals surface area contributed by atoms with Crippen LogP contribution in [0.5, 0.6) is 0 Å². The second kappa shape index (κ2) is 4.99. The topological polar surface area (TPSA) is 3.24 Å². The van der Waals surface area contributed by atoms with Crippen LogP contribution in [-0.2, 0) is 6.54 Å². The van der Waals surface area contributed by atoms with Crippen LogP contribution in [0.25, 0.3) is 0 Å². The molecular weight excluding hydrogens is 254 g/mol. The van der Waals surface area contributed by atoms with Crippen molar-refractivity contribution in [1.82, 2.24) is 4.90 Å². The number of aryl methyl sites for hydroxylation is 1. The summed E-state index contributed by atoms with van der Waals surface area (Å²) in [5.41, 5.74) is 5.58. The molecule has 1 aliphatic rings. The molecule has 1 unspecified atom stereocenters. The molecule has 0 N–H and O–H groups in total. The molecule has 0 spiro atoms.